The predicted octanol–water partition coefficient (Wildman–Crippen LogP) is 4.70. The van der Waals surface area contributed by atoms with Crippen molar-refractivity contribution >= 4 is 34.1 Å². The first kappa shape index (κ1) is 25.7. The van der Waals surface area contributed by atoms with Crippen LogP contribution in [0.25, 0.3) is 0 Å². The minimum Gasteiger partial charge on any atom is -0.490 e. The molecule has 0 atom stereocenters. The van der Waals surface area contributed by atoms with Gasteiger partial charge in [-0.05, 0) is 75.2 Å². The SMILES string of the molecule is CC(C)(C)OC(=O)/N=C(\NCc1ccc(OCCF)c(Br)c1)NC(=O)OC(C)(C)C. The number of amides is 2. The first-order valence-corrected chi connectivity index (χ1v) is 10.1. The molecule has 30 heavy (non-hydrogen) atoms. The van der Waals surface area contributed by atoms with E-state index in [0.29, 0.717) is 10.2 Å². The van der Waals surface area contributed by atoms with Crippen molar-refractivity contribution in [2.45, 2.75) is 59.3 Å². The van der Waals surface area contributed by atoms with E-state index < -0.39 is 30.1 Å². The molecule has 168 valence electrons. The summed E-state index contributed by atoms with van der Waals surface area (Å²) in [6.07, 6.45) is -1.63. The van der Waals surface area contributed by atoms with Crippen LogP contribution in [0, 0.1) is 0 Å². The zero-order valence-corrected chi connectivity index (χ0v) is 19.7. The van der Waals surface area contributed by atoms with Crippen LogP contribution >= 0.6 is 15.9 Å². The number of carbonyl (C=O) groups is 2. The van der Waals surface area contributed by atoms with E-state index in [4.69, 9.17) is 14.2 Å². The topological polar surface area (TPSA) is 98.3 Å². The van der Waals surface area contributed by atoms with E-state index in [9.17, 15) is 14.0 Å². The lowest BCUT2D eigenvalue weighted by molar-refractivity contribution is 0.0560. The molecule has 0 bridgehead atoms. The van der Waals surface area contributed by atoms with E-state index in [1.54, 1.807) is 59.7 Å². The van der Waals surface area contributed by atoms with Gasteiger partial charge in [-0.2, -0.15) is 0 Å². The highest BCUT2D eigenvalue weighted by atomic mass is 79.9. The van der Waals surface area contributed by atoms with Gasteiger partial charge in [0, 0.05) is 6.54 Å². The normalized spacial score (nSPS) is 12.2. The van der Waals surface area contributed by atoms with Crippen LogP contribution in [0.5, 0.6) is 5.75 Å². The molecule has 0 aliphatic rings. The molecular formula is C20H29BrFN3O5. The van der Waals surface area contributed by atoms with Gasteiger partial charge < -0.3 is 19.5 Å². The molecule has 0 unspecified atom stereocenters. The molecule has 10 heteroatoms. The Hall–Kier alpha value is -2.36. The number of hydrogen-bond donors (Lipinski definition) is 2. The molecule has 1 rings (SSSR count). The molecular weight excluding hydrogens is 461 g/mol. The van der Waals surface area contributed by atoms with E-state index in [1.165, 1.54) is 0 Å². The second kappa shape index (κ2) is 11.1. The Morgan fingerprint density at radius 2 is 1.73 bits per heavy atom. The molecule has 0 radical (unpaired) electrons. The Balaban J connectivity index is 2.90. The summed E-state index contributed by atoms with van der Waals surface area (Å²) < 4.78 is 28.5. The summed E-state index contributed by atoms with van der Waals surface area (Å²) in [4.78, 5) is 27.9. The van der Waals surface area contributed by atoms with Gasteiger partial charge in [-0.3, -0.25) is 5.32 Å². The number of benzene rings is 1. The van der Waals surface area contributed by atoms with Crippen LogP contribution < -0.4 is 15.4 Å². The van der Waals surface area contributed by atoms with Crippen molar-refractivity contribution in [3.63, 3.8) is 0 Å². The van der Waals surface area contributed by atoms with E-state index in [1.807, 2.05) is 0 Å². The fraction of sp³-hybridized carbons (Fsp3) is 0.550. The highest BCUT2D eigenvalue weighted by molar-refractivity contribution is 9.10. The Labute approximate surface area is 184 Å². The first-order chi connectivity index (χ1) is 13.8. The number of aliphatic imine (C=N–C) groups is 1. The molecule has 0 aromatic heterocycles. The second-order valence-electron chi connectivity index (χ2n) is 8.22. The summed E-state index contributed by atoms with van der Waals surface area (Å²) in [5, 5.41) is 5.29. The number of ether oxygens (including phenoxy) is 3. The number of alkyl carbamates (subject to hydrolysis) is 1. The summed E-state index contributed by atoms with van der Waals surface area (Å²) >= 11 is 3.36. The van der Waals surface area contributed by atoms with Gasteiger partial charge in [0.25, 0.3) is 0 Å². The molecule has 0 aliphatic carbocycles. The number of carbonyl (C=O) groups excluding carboxylic acids is 2. The van der Waals surface area contributed by atoms with Crippen LogP contribution in [0.2, 0.25) is 0 Å². The van der Waals surface area contributed by atoms with Crippen LogP contribution in [-0.2, 0) is 16.0 Å². The monoisotopic (exact) mass is 489 g/mol. The highest BCUT2D eigenvalue weighted by Gasteiger charge is 2.20. The molecule has 8 nitrogen and oxygen atoms in total. The first-order valence-electron chi connectivity index (χ1n) is 9.32. The lowest BCUT2D eigenvalue weighted by Crippen LogP contribution is -2.44. The smallest absolute Gasteiger partial charge is 0.437 e. The Morgan fingerprint density at radius 3 is 2.27 bits per heavy atom. The maximum absolute atomic E-state index is 12.3. The zero-order valence-electron chi connectivity index (χ0n) is 18.1. The van der Waals surface area contributed by atoms with Gasteiger partial charge >= 0.3 is 12.2 Å². The number of guanidine groups is 1. The molecule has 2 N–H and O–H groups in total. The second-order valence-corrected chi connectivity index (χ2v) is 9.08. The van der Waals surface area contributed by atoms with Crippen molar-refractivity contribution in [3.8, 4) is 5.75 Å². The maximum atomic E-state index is 12.3. The maximum Gasteiger partial charge on any atom is 0.437 e. The van der Waals surface area contributed by atoms with E-state index >= 15 is 0 Å². The molecule has 1 aromatic rings. The van der Waals surface area contributed by atoms with Crippen molar-refractivity contribution in [2.75, 3.05) is 13.3 Å². The number of halogens is 2. The van der Waals surface area contributed by atoms with E-state index in [0.717, 1.165) is 5.56 Å². The van der Waals surface area contributed by atoms with Crippen LogP contribution in [0.15, 0.2) is 27.7 Å². The lowest BCUT2D eigenvalue weighted by atomic mass is 10.2. The van der Waals surface area contributed by atoms with Crippen LogP contribution in [0.4, 0.5) is 14.0 Å². The number of hydrogen-bond acceptors (Lipinski definition) is 5. The van der Waals surface area contributed by atoms with Crippen LogP contribution in [0.1, 0.15) is 47.1 Å². The molecule has 2 amide bonds. The zero-order chi connectivity index (χ0) is 22.9. The molecule has 0 aliphatic heterocycles. The largest absolute Gasteiger partial charge is 0.490 e. The summed E-state index contributed by atoms with van der Waals surface area (Å²) in [6.45, 7) is 9.87. The van der Waals surface area contributed by atoms with Crippen LogP contribution in [0.3, 0.4) is 0 Å². The minimum absolute atomic E-state index is 0.0390. The van der Waals surface area contributed by atoms with Crippen molar-refractivity contribution < 1.29 is 28.2 Å². The van der Waals surface area contributed by atoms with Crippen molar-refractivity contribution in [1.29, 1.82) is 0 Å². The minimum atomic E-state index is -0.864. The predicted molar refractivity (Wildman–Crippen MR) is 115 cm³/mol. The third kappa shape index (κ3) is 11.0. The summed E-state index contributed by atoms with van der Waals surface area (Å²) in [6, 6.07) is 5.20. The standard InChI is InChI=1S/C20H29BrFN3O5/c1-19(2,3)29-17(26)24-16(25-18(27)30-20(4,5)6)23-12-13-7-8-15(14(21)11-13)28-10-9-22/h7-8,11H,9-10,12H2,1-6H3,(H2,23,24,25,26,27). The van der Waals surface area contributed by atoms with Gasteiger partial charge in [0.2, 0.25) is 5.96 Å². The average Bonchev–Trinajstić information content (AvgIpc) is 2.55. The van der Waals surface area contributed by atoms with Gasteiger partial charge in [-0.25, -0.2) is 14.0 Å². The molecule has 0 saturated heterocycles. The summed E-state index contributed by atoms with van der Waals surface area (Å²) in [7, 11) is 0. The average molecular weight is 490 g/mol. The van der Waals surface area contributed by atoms with Crippen molar-refractivity contribution in [2.24, 2.45) is 4.99 Å². The van der Waals surface area contributed by atoms with Gasteiger partial charge in [0.05, 0.1) is 4.47 Å². The molecule has 0 fully saturated rings. The summed E-state index contributed by atoms with van der Waals surface area (Å²) in [5.41, 5.74) is -0.670. The molecule has 1 aromatic carbocycles. The number of rotatable bonds is 5. The van der Waals surface area contributed by atoms with Gasteiger partial charge in [0.1, 0.15) is 30.2 Å². The number of nitrogens with one attached hydrogen (secondary N) is 2. The van der Waals surface area contributed by atoms with Crippen LogP contribution in [-0.4, -0.2) is 42.6 Å². The molecule has 0 spiro atoms. The third-order valence-corrected chi connectivity index (χ3v) is 3.63. The van der Waals surface area contributed by atoms with Gasteiger partial charge in [-0.1, -0.05) is 6.07 Å². The Kier molecular flexibility index (Phi) is 9.54. The highest BCUT2D eigenvalue weighted by Crippen LogP contribution is 2.26. The molecule has 0 saturated carbocycles. The Morgan fingerprint density at radius 1 is 1.10 bits per heavy atom. The van der Waals surface area contributed by atoms with Gasteiger partial charge in [0.15, 0.2) is 0 Å². The fourth-order valence-electron chi connectivity index (χ4n) is 1.99. The third-order valence-electron chi connectivity index (χ3n) is 3.01. The van der Waals surface area contributed by atoms with Gasteiger partial charge in [-0.15, -0.1) is 4.99 Å². The molecule has 0 heterocycles. The quantitative estimate of drug-likeness (QED) is 0.459. The fourth-order valence-corrected chi connectivity index (χ4v) is 2.53. The van der Waals surface area contributed by atoms with Crippen molar-refractivity contribution in [1.82, 2.24) is 10.6 Å². The lowest BCUT2D eigenvalue weighted by Gasteiger charge is -2.21. The van der Waals surface area contributed by atoms with E-state index in [2.05, 4.69) is 31.6 Å². The Bertz CT molecular complexity index is 773. The number of nitrogens with zero attached hydrogens (tertiary/aromatic N) is 1. The summed E-state index contributed by atoms with van der Waals surface area (Å²) in [5.74, 6) is 0.387. The number of alkyl halides is 1. The van der Waals surface area contributed by atoms with E-state index in [-0.39, 0.29) is 19.1 Å². The van der Waals surface area contributed by atoms with Crippen molar-refractivity contribution in [3.05, 3.63) is 28.2 Å².